The molecule has 0 spiro atoms. The number of nitrogens with one attached hydrogen (secondary N) is 1. The predicted molar refractivity (Wildman–Crippen MR) is 105 cm³/mol. The van der Waals surface area contributed by atoms with Crippen LogP contribution in [0.15, 0.2) is 66.9 Å². The number of pyridine rings is 1. The van der Waals surface area contributed by atoms with E-state index in [4.69, 9.17) is 0 Å². The van der Waals surface area contributed by atoms with Crippen LogP contribution in [0.2, 0.25) is 0 Å². The van der Waals surface area contributed by atoms with Crippen LogP contribution in [0.4, 0.5) is 5.69 Å². The Balaban J connectivity index is 1.63. The molecule has 25 heavy (non-hydrogen) atoms. The molecule has 4 rings (SSSR count). The van der Waals surface area contributed by atoms with Gasteiger partial charge in [0.1, 0.15) is 0 Å². The number of rotatable bonds is 3. The van der Waals surface area contributed by atoms with Crippen LogP contribution in [0.3, 0.4) is 0 Å². The molecule has 2 aromatic carbocycles. The molecule has 1 aromatic heterocycles. The van der Waals surface area contributed by atoms with E-state index in [1.165, 1.54) is 22.4 Å². The second-order valence-electron chi connectivity index (χ2n) is 6.51. The summed E-state index contributed by atoms with van der Waals surface area (Å²) in [4.78, 5) is 7.06. The molecule has 1 aliphatic rings. The van der Waals surface area contributed by atoms with Crippen molar-refractivity contribution in [2.75, 3.05) is 31.1 Å². The summed E-state index contributed by atoms with van der Waals surface area (Å²) >= 11 is 0. The molecule has 2 heterocycles. The molecule has 126 valence electrons. The van der Waals surface area contributed by atoms with E-state index in [9.17, 15) is 0 Å². The molecule has 1 fully saturated rings. The second-order valence-corrected chi connectivity index (χ2v) is 6.51. The number of nitrogens with zero attached hydrogens (tertiary/aromatic N) is 2. The van der Waals surface area contributed by atoms with Crippen molar-refractivity contribution < 1.29 is 0 Å². The lowest BCUT2D eigenvalue weighted by molar-refractivity contribution is 0.589. The first kappa shape index (κ1) is 15.9. The van der Waals surface area contributed by atoms with E-state index in [-0.39, 0.29) is 0 Å². The van der Waals surface area contributed by atoms with E-state index in [1.807, 2.05) is 12.3 Å². The maximum Gasteiger partial charge on any atom is 0.0451 e. The Kier molecular flexibility index (Phi) is 4.49. The molecule has 0 saturated carbocycles. The Hall–Kier alpha value is -2.65. The fourth-order valence-electron chi connectivity index (χ4n) is 3.39. The smallest absolute Gasteiger partial charge is 0.0451 e. The maximum absolute atomic E-state index is 4.63. The third kappa shape index (κ3) is 3.42. The van der Waals surface area contributed by atoms with Crippen LogP contribution in [0, 0.1) is 6.92 Å². The topological polar surface area (TPSA) is 28.2 Å². The third-order valence-electron chi connectivity index (χ3n) is 4.85. The van der Waals surface area contributed by atoms with Crippen molar-refractivity contribution in [3.63, 3.8) is 0 Å². The van der Waals surface area contributed by atoms with Crippen molar-refractivity contribution >= 4 is 5.69 Å². The fourth-order valence-corrected chi connectivity index (χ4v) is 3.39. The quantitative estimate of drug-likeness (QED) is 0.783. The average molecular weight is 329 g/mol. The largest absolute Gasteiger partial charge is 0.369 e. The fraction of sp³-hybridized carbons (Fsp3) is 0.227. The van der Waals surface area contributed by atoms with Gasteiger partial charge in [-0.3, -0.25) is 4.98 Å². The highest BCUT2D eigenvalue weighted by molar-refractivity contribution is 5.74. The molecule has 1 saturated heterocycles. The Labute approximate surface area is 149 Å². The van der Waals surface area contributed by atoms with Crippen LogP contribution < -0.4 is 10.2 Å². The molecule has 0 radical (unpaired) electrons. The minimum Gasteiger partial charge on any atom is -0.369 e. The van der Waals surface area contributed by atoms with E-state index in [0.717, 1.165) is 37.4 Å². The highest BCUT2D eigenvalue weighted by Crippen LogP contribution is 2.29. The first-order valence-corrected chi connectivity index (χ1v) is 8.89. The molecule has 3 heteroatoms. The zero-order chi connectivity index (χ0) is 17.1. The normalized spacial score (nSPS) is 14.5. The minimum atomic E-state index is 1.06. The van der Waals surface area contributed by atoms with Crippen molar-refractivity contribution in [2.45, 2.75) is 6.92 Å². The lowest BCUT2D eigenvalue weighted by Crippen LogP contribution is -2.43. The first-order chi connectivity index (χ1) is 12.3. The van der Waals surface area contributed by atoms with Gasteiger partial charge < -0.3 is 10.2 Å². The second kappa shape index (κ2) is 7.08. The Morgan fingerprint density at radius 3 is 2.28 bits per heavy atom. The van der Waals surface area contributed by atoms with Crippen LogP contribution in [-0.4, -0.2) is 31.2 Å². The highest BCUT2D eigenvalue weighted by atomic mass is 15.2. The van der Waals surface area contributed by atoms with E-state index in [1.54, 1.807) is 0 Å². The van der Waals surface area contributed by atoms with Gasteiger partial charge in [-0.15, -0.1) is 0 Å². The first-order valence-electron chi connectivity index (χ1n) is 8.89. The van der Waals surface area contributed by atoms with E-state index >= 15 is 0 Å². The van der Waals surface area contributed by atoms with Crippen LogP contribution in [-0.2, 0) is 0 Å². The summed E-state index contributed by atoms with van der Waals surface area (Å²) < 4.78 is 0. The highest BCUT2D eigenvalue weighted by Gasteiger charge is 2.11. The maximum atomic E-state index is 4.63. The van der Waals surface area contributed by atoms with Crippen LogP contribution in [0.5, 0.6) is 0 Å². The lowest BCUT2D eigenvalue weighted by atomic mass is 9.99. The summed E-state index contributed by atoms with van der Waals surface area (Å²) in [5.41, 5.74) is 7.15. The number of benzene rings is 2. The van der Waals surface area contributed by atoms with Gasteiger partial charge in [0.15, 0.2) is 0 Å². The van der Waals surface area contributed by atoms with Crippen LogP contribution >= 0.6 is 0 Å². The zero-order valence-electron chi connectivity index (χ0n) is 14.6. The molecule has 0 amide bonds. The lowest BCUT2D eigenvalue weighted by Gasteiger charge is -2.29. The molecule has 0 atom stereocenters. The molecule has 1 N–H and O–H groups in total. The monoisotopic (exact) mass is 329 g/mol. The van der Waals surface area contributed by atoms with Crippen molar-refractivity contribution in [3.8, 4) is 22.3 Å². The standard InChI is InChI=1S/C22H23N3/c1-17-22(19-5-3-2-4-6-19)15-20(16-24-17)18-7-9-21(10-8-18)25-13-11-23-12-14-25/h2-10,15-16,23H,11-14H2,1H3. The predicted octanol–water partition coefficient (Wildman–Crippen LogP) is 4.13. The van der Waals surface area contributed by atoms with Crippen molar-refractivity contribution in [2.24, 2.45) is 0 Å². The molecule has 3 nitrogen and oxygen atoms in total. The Morgan fingerprint density at radius 1 is 0.840 bits per heavy atom. The van der Waals surface area contributed by atoms with E-state index in [2.05, 4.69) is 76.7 Å². The minimum absolute atomic E-state index is 1.06. The molecular weight excluding hydrogens is 306 g/mol. The summed E-state index contributed by atoms with van der Waals surface area (Å²) in [6, 6.07) is 21.6. The van der Waals surface area contributed by atoms with Gasteiger partial charge in [-0.2, -0.15) is 0 Å². The number of aryl methyl sites for hydroxylation is 1. The molecule has 0 unspecified atom stereocenters. The summed E-state index contributed by atoms with van der Waals surface area (Å²) in [7, 11) is 0. The van der Waals surface area contributed by atoms with Gasteiger partial charge in [0.2, 0.25) is 0 Å². The molecular formula is C22H23N3. The molecule has 1 aliphatic heterocycles. The number of hydrogen-bond donors (Lipinski definition) is 1. The molecule has 0 aliphatic carbocycles. The number of hydrogen-bond acceptors (Lipinski definition) is 3. The summed E-state index contributed by atoms with van der Waals surface area (Å²) in [5.74, 6) is 0. The van der Waals surface area contributed by atoms with Gasteiger partial charge >= 0.3 is 0 Å². The summed E-state index contributed by atoms with van der Waals surface area (Å²) in [6.45, 7) is 6.33. The third-order valence-corrected chi connectivity index (χ3v) is 4.85. The number of anilines is 1. The van der Waals surface area contributed by atoms with Crippen LogP contribution in [0.1, 0.15) is 5.69 Å². The average Bonchev–Trinajstić information content (AvgIpc) is 2.70. The number of aromatic nitrogens is 1. The Morgan fingerprint density at radius 2 is 1.56 bits per heavy atom. The van der Waals surface area contributed by atoms with Crippen LogP contribution in [0.25, 0.3) is 22.3 Å². The van der Waals surface area contributed by atoms with Gasteiger partial charge in [0.25, 0.3) is 0 Å². The van der Waals surface area contributed by atoms with Crippen molar-refractivity contribution in [3.05, 3.63) is 72.6 Å². The van der Waals surface area contributed by atoms with E-state index in [0.29, 0.717) is 0 Å². The van der Waals surface area contributed by atoms with Gasteiger partial charge in [0, 0.05) is 54.9 Å². The van der Waals surface area contributed by atoms with Crippen molar-refractivity contribution in [1.29, 1.82) is 0 Å². The Bertz CT molecular complexity index is 835. The SMILES string of the molecule is Cc1ncc(-c2ccc(N3CCNCC3)cc2)cc1-c1ccccc1. The van der Waals surface area contributed by atoms with Gasteiger partial charge in [0.05, 0.1) is 0 Å². The van der Waals surface area contributed by atoms with Gasteiger partial charge in [-0.05, 0) is 36.2 Å². The summed E-state index contributed by atoms with van der Waals surface area (Å²) in [6.07, 6.45) is 1.97. The van der Waals surface area contributed by atoms with Gasteiger partial charge in [-0.1, -0.05) is 42.5 Å². The molecule has 3 aromatic rings. The summed E-state index contributed by atoms with van der Waals surface area (Å²) in [5, 5.41) is 3.40. The molecule has 0 bridgehead atoms. The van der Waals surface area contributed by atoms with Crippen molar-refractivity contribution in [1.82, 2.24) is 10.3 Å². The number of piperazine rings is 1. The zero-order valence-corrected chi connectivity index (χ0v) is 14.6. The van der Waals surface area contributed by atoms with Gasteiger partial charge in [-0.25, -0.2) is 0 Å². The van der Waals surface area contributed by atoms with E-state index < -0.39 is 0 Å².